The average Bonchev–Trinajstić information content (AvgIpc) is 3.32. The Morgan fingerprint density at radius 3 is 2.94 bits per heavy atom. The van der Waals surface area contributed by atoms with Gasteiger partial charge in [0.1, 0.15) is 0 Å². The number of carbonyl (C=O) groups is 1. The molecule has 0 bridgehead atoms. The lowest BCUT2D eigenvalue weighted by atomic mass is 10.1. The van der Waals surface area contributed by atoms with Gasteiger partial charge in [-0.15, -0.1) is 0 Å². The number of anilines is 2. The standard InChI is InChI=1S/C25H27N7O2/c1-15-17(12-31-9-7-19(33)14-31)13-32(30-15)23-6-8-26-25(29-23)28-18-4-5-22-20(10-18)21(11-27-22)24(34)16-2-3-16/h4-6,8,10-11,13,16,19,27,33H,2-3,7,9,12,14H2,1H3,(H,26,28,29). The average molecular weight is 458 g/mol. The van der Waals surface area contributed by atoms with Crippen molar-refractivity contribution in [3.8, 4) is 5.82 Å². The second-order valence-electron chi connectivity index (χ2n) is 9.33. The van der Waals surface area contributed by atoms with E-state index in [2.05, 4.69) is 30.3 Å². The van der Waals surface area contributed by atoms with Crippen molar-refractivity contribution in [3.05, 3.63) is 59.7 Å². The van der Waals surface area contributed by atoms with Crippen LogP contribution in [0.3, 0.4) is 0 Å². The lowest BCUT2D eigenvalue weighted by Gasteiger charge is -2.13. The molecule has 0 radical (unpaired) electrons. The molecule has 174 valence electrons. The zero-order chi connectivity index (χ0) is 23.2. The number of Topliss-reactive ketones (excluding diaryl/α,β-unsaturated/α-hetero) is 1. The molecule has 1 saturated heterocycles. The summed E-state index contributed by atoms with van der Waals surface area (Å²) in [4.78, 5) is 27.1. The van der Waals surface area contributed by atoms with Crippen LogP contribution in [-0.2, 0) is 6.54 Å². The molecule has 2 aliphatic rings. The highest BCUT2D eigenvalue weighted by molar-refractivity contribution is 6.10. The van der Waals surface area contributed by atoms with E-state index in [1.165, 1.54) is 0 Å². The number of aromatic amines is 1. The van der Waals surface area contributed by atoms with E-state index in [-0.39, 0.29) is 17.8 Å². The highest BCUT2D eigenvalue weighted by Gasteiger charge is 2.31. The van der Waals surface area contributed by atoms with E-state index in [0.717, 1.165) is 65.8 Å². The minimum absolute atomic E-state index is 0.175. The third-order valence-electron chi connectivity index (χ3n) is 6.67. The number of nitrogens with zero attached hydrogens (tertiary/aromatic N) is 5. The fourth-order valence-corrected chi connectivity index (χ4v) is 4.60. The molecule has 34 heavy (non-hydrogen) atoms. The summed E-state index contributed by atoms with van der Waals surface area (Å²) in [5.74, 6) is 1.52. The molecule has 4 heterocycles. The van der Waals surface area contributed by atoms with Gasteiger partial charge in [0.15, 0.2) is 11.6 Å². The van der Waals surface area contributed by atoms with Crippen molar-refractivity contribution in [2.75, 3.05) is 18.4 Å². The van der Waals surface area contributed by atoms with Gasteiger partial charge in [0.05, 0.1) is 11.8 Å². The smallest absolute Gasteiger partial charge is 0.229 e. The number of rotatable bonds is 7. The maximum Gasteiger partial charge on any atom is 0.229 e. The van der Waals surface area contributed by atoms with E-state index < -0.39 is 0 Å². The molecule has 9 heteroatoms. The molecule has 6 rings (SSSR count). The van der Waals surface area contributed by atoms with Gasteiger partial charge in [-0.25, -0.2) is 9.67 Å². The Labute approximate surface area is 196 Å². The largest absolute Gasteiger partial charge is 0.392 e. The molecular formula is C25H27N7O2. The van der Waals surface area contributed by atoms with Crippen LogP contribution < -0.4 is 5.32 Å². The van der Waals surface area contributed by atoms with Gasteiger partial charge in [-0.1, -0.05) is 0 Å². The fourth-order valence-electron chi connectivity index (χ4n) is 4.60. The molecule has 1 unspecified atom stereocenters. The summed E-state index contributed by atoms with van der Waals surface area (Å²) in [6.45, 7) is 4.35. The maximum atomic E-state index is 12.6. The minimum atomic E-state index is -0.237. The number of ketones is 1. The summed E-state index contributed by atoms with van der Waals surface area (Å²) in [6, 6.07) is 7.70. The van der Waals surface area contributed by atoms with Crippen LogP contribution >= 0.6 is 0 Å². The summed E-state index contributed by atoms with van der Waals surface area (Å²) >= 11 is 0. The van der Waals surface area contributed by atoms with Crippen LogP contribution in [0.15, 0.2) is 42.9 Å². The molecule has 9 nitrogen and oxygen atoms in total. The quantitative estimate of drug-likeness (QED) is 0.365. The number of H-pyrrole nitrogens is 1. The van der Waals surface area contributed by atoms with Crippen molar-refractivity contribution in [1.82, 2.24) is 29.6 Å². The minimum Gasteiger partial charge on any atom is -0.392 e. The van der Waals surface area contributed by atoms with Crippen LogP contribution in [0.2, 0.25) is 0 Å². The number of aromatic nitrogens is 5. The van der Waals surface area contributed by atoms with Crippen molar-refractivity contribution in [2.24, 2.45) is 5.92 Å². The van der Waals surface area contributed by atoms with E-state index in [0.29, 0.717) is 18.3 Å². The Balaban J connectivity index is 1.22. The van der Waals surface area contributed by atoms with Gasteiger partial charge in [-0.3, -0.25) is 9.69 Å². The molecular weight excluding hydrogens is 430 g/mol. The maximum absolute atomic E-state index is 12.6. The molecule has 0 amide bonds. The van der Waals surface area contributed by atoms with Gasteiger partial charge in [0.25, 0.3) is 0 Å². The number of carbonyl (C=O) groups excluding carboxylic acids is 1. The highest BCUT2D eigenvalue weighted by atomic mass is 16.3. The van der Waals surface area contributed by atoms with Crippen LogP contribution in [0, 0.1) is 12.8 Å². The zero-order valence-electron chi connectivity index (χ0n) is 19.0. The van der Waals surface area contributed by atoms with Crippen molar-refractivity contribution < 1.29 is 9.90 Å². The Morgan fingerprint density at radius 1 is 1.26 bits per heavy atom. The van der Waals surface area contributed by atoms with Crippen LogP contribution in [0.4, 0.5) is 11.6 Å². The number of hydrogen-bond acceptors (Lipinski definition) is 7. The number of β-amino-alcohol motifs (C(OH)–C–C–N with tert-alkyl or cyclic N) is 1. The molecule has 1 saturated carbocycles. The van der Waals surface area contributed by atoms with Crippen molar-refractivity contribution in [2.45, 2.75) is 38.8 Å². The topological polar surface area (TPSA) is 112 Å². The molecule has 1 aliphatic carbocycles. The molecule has 0 spiro atoms. The third kappa shape index (κ3) is 4.08. The lowest BCUT2D eigenvalue weighted by Crippen LogP contribution is -2.21. The molecule has 1 atom stereocenters. The monoisotopic (exact) mass is 457 g/mol. The first-order valence-electron chi connectivity index (χ1n) is 11.7. The second kappa shape index (κ2) is 8.34. The summed E-state index contributed by atoms with van der Waals surface area (Å²) in [5, 5.41) is 18.6. The molecule has 4 aromatic rings. The first-order valence-corrected chi connectivity index (χ1v) is 11.7. The van der Waals surface area contributed by atoms with Gasteiger partial charge in [0, 0.05) is 77.9 Å². The van der Waals surface area contributed by atoms with Gasteiger partial charge in [-0.2, -0.15) is 10.1 Å². The third-order valence-corrected chi connectivity index (χ3v) is 6.67. The summed E-state index contributed by atoms with van der Waals surface area (Å²) in [5.41, 5.74) is 4.57. The van der Waals surface area contributed by atoms with Crippen molar-refractivity contribution in [3.63, 3.8) is 0 Å². The molecule has 3 N–H and O–H groups in total. The van der Waals surface area contributed by atoms with E-state index in [1.807, 2.05) is 43.6 Å². The number of aliphatic hydroxyl groups excluding tert-OH is 1. The SMILES string of the molecule is Cc1nn(-c2ccnc(Nc3ccc4[nH]cc(C(=O)C5CC5)c4c3)n2)cc1CN1CCC(O)C1. The molecule has 3 aromatic heterocycles. The lowest BCUT2D eigenvalue weighted by molar-refractivity contribution is 0.0969. The van der Waals surface area contributed by atoms with Crippen LogP contribution in [0.25, 0.3) is 16.7 Å². The Morgan fingerprint density at radius 2 is 2.15 bits per heavy atom. The van der Waals surface area contributed by atoms with Gasteiger partial charge in [-0.05, 0) is 44.4 Å². The normalized spacial score (nSPS) is 18.6. The van der Waals surface area contributed by atoms with Crippen LogP contribution in [-0.4, -0.2) is 59.7 Å². The number of fused-ring (bicyclic) bond motifs is 1. The van der Waals surface area contributed by atoms with E-state index in [1.54, 1.807) is 10.9 Å². The highest BCUT2D eigenvalue weighted by Crippen LogP contribution is 2.35. The summed E-state index contributed by atoms with van der Waals surface area (Å²) in [7, 11) is 0. The van der Waals surface area contributed by atoms with Gasteiger partial charge >= 0.3 is 0 Å². The predicted octanol–water partition coefficient (Wildman–Crippen LogP) is 3.35. The second-order valence-corrected chi connectivity index (χ2v) is 9.33. The fraction of sp³-hybridized carbons (Fsp3) is 0.360. The number of likely N-dealkylation sites (tertiary alicyclic amines) is 1. The number of benzene rings is 1. The van der Waals surface area contributed by atoms with Gasteiger partial charge in [0.2, 0.25) is 5.95 Å². The molecule has 1 aromatic carbocycles. The summed E-state index contributed by atoms with van der Waals surface area (Å²) < 4.78 is 1.77. The van der Waals surface area contributed by atoms with Crippen molar-refractivity contribution in [1.29, 1.82) is 0 Å². The van der Waals surface area contributed by atoms with E-state index in [4.69, 9.17) is 0 Å². The van der Waals surface area contributed by atoms with E-state index >= 15 is 0 Å². The summed E-state index contributed by atoms with van der Waals surface area (Å²) in [6.07, 6.45) is 8.06. The number of nitrogens with one attached hydrogen (secondary N) is 2. The Bertz CT molecular complexity index is 1370. The predicted molar refractivity (Wildman–Crippen MR) is 128 cm³/mol. The van der Waals surface area contributed by atoms with E-state index in [9.17, 15) is 9.90 Å². The first-order chi connectivity index (χ1) is 16.5. The van der Waals surface area contributed by atoms with Gasteiger partial charge < -0.3 is 15.4 Å². The number of aryl methyl sites for hydroxylation is 1. The number of aliphatic hydroxyl groups is 1. The first kappa shape index (κ1) is 21.0. The van der Waals surface area contributed by atoms with Crippen molar-refractivity contribution >= 4 is 28.3 Å². The number of hydrogen-bond donors (Lipinski definition) is 3. The Kier molecular flexibility index (Phi) is 5.15. The molecule has 2 fully saturated rings. The Hall–Kier alpha value is -3.56. The zero-order valence-corrected chi connectivity index (χ0v) is 19.0. The van der Waals surface area contributed by atoms with Crippen LogP contribution in [0.1, 0.15) is 40.9 Å². The molecule has 1 aliphatic heterocycles. The van der Waals surface area contributed by atoms with Crippen LogP contribution in [0.5, 0.6) is 0 Å².